The number of piperidine rings is 1. The van der Waals surface area contributed by atoms with Gasteiger partial charge in [-0.25, -0.2) is 9.59 Å². The van der Waals surface area contributed by atoms with Crippen LogP contribution in [0.1, 0.15) is 50.3 Å². The van der Waals surface area contributed by atoms with Gasteiger partial charge >= 0.3 is 11.9 Å². The Morgan fingerprint density at radius 2 is 1.92 bits per heavy atom. The van der Waals surface area contributed by atoms with Crippen LogP contribution in [0.25, 0.3) is 0 Å². The number of carboxylic acid groups (broad SMARTS) is 2. The highest BCUT2D eigenvalue weighted by atomic mass is 16.4. The van der Waals surface area contributed by atoms with Gasteiger partial charge in [-0.3, -0.25) is 9.88 Å². The Bertz CT molecular complexity index is 626. The molecular weight excluding hydrogens is 320 g/mol. The molecule has 2 atom stereocenters. The van der Waals surface area contributed by atoms with Crippen LogP contribution in [0.3, 0.4) is 0 Å². The van der Waals surface area contributed by atoms with Crippen molar-refractivity contribution in [2.75, 3.05) is 6.54 Å². The summed E-state index contributed by atoms with van der Waals surface area (Å²) in [5.74, 6) is -1.77. The first-order chi connectivity index (χ1) is 11.9. The van der Waals surface area contributed by atoms with Gasteiger partial charge in [0.05, 0.1) is 0 Å². The molecule has 0 unspecified atom stereocenters. The predicted molar refractivity (Wildman–Crippen MR) is 94.6 cm³/mol. The quantitative estimate of drug-likeness (QED) is 0.818. The third-order valence-electron chi connectivity index (χ3n) is 4.86. The first-order valence-corrected chi connectivity index (χ1v) is 8.73. The Morgan fingerprint density at radius 1 is 1.24 bits per heavy atom. The van der Waals surface area contributed by atoms with Crippen molar-refractivity contribution >= 4 is 11.9 Å². The van der Waals surface area contributed by atoms with E-state index >= 15 is 0 Å². The van der Waals surface area contributed by atoms with Crippen molar-refractivity contribution in [1.29, 1.82) is 0 Å². The fourth-order valence-electron chi connectivity index (χ4n) is 3.88. The van der Waals surface area contributed by atoms with Gasteiger partial charge in [-0.05, 0) is 57.7 Å². The van der Waals surface area contributed by atoms with E-state index in [0.29, 0.717) is 18.2 Å². The molecule has 1 saturated heterocycles. The highest BCUT2D eigenvalue weighted by molar-refractivity contribution is 5.89. The Kier molecular flexibility index (Phi) is 6.70. The molecule has 0 bridgehead atoms. The molecule has 0 radical (unpaired) electrons. The van der Waals surface area contributed by atoms with Crippen LogP contribution in [0.4, 0.5) is 0 Å². The number of carbonyl (C=O) groups is 2. The largest absolute Gasteiger partial charge is 0.478 e. The second-order valence-corrected chi connectivity index (χ2v) is 6.74. The van der Waals surface area contributed by atoms with Crippen LogP contribution in [0.2, 0.25) is 0 Å². The lowest BCUT2D eigenvalue weighted by Crippen LogP contribution is -2.49. The van der Waals surface area contributed by atoms with Gasteiger partial charge in [0.25, 0.3) is 0 Å². The van der Waals surface area contributed by atoms with E-state index < -0.39 is 11.9 Å². The van der Waals surface area contributed by atoms with Gasteiger partial charge in [0, 0.05) is 42.0 Å². The predicted octanol–water partition coefficient (Wildman–Crippen LogP) is 2.70. The number of rotatable bonds is 3. The zero-order chi connectivity index (χ0) is 18.4. The van der Waals surface area contributed by atoms with E-state index in [1.807, 2.05) is 6.20 Å². The van der Waals surface area contributed by atoms with Crippen molar-refractivity contribution in [2.45, 2.75) is 57.5 Å². The average Bonchev–Trinajstić information content (AvgIpc) is 2.59. The zero-order valence-electron chi connectivity index (χ0n) is 14.8. The van der Waals surface area contributed by atoms with E-state index in [-0.39, 0.29) is 0 Å². The van der Waals surface area contributed by atoms with Crippen molar-refractivity contribution in [2.24, 2.45) is 0 Å². The summed E-state index contributed by atoms with van der Waals surface area (Å²) in [5, 5.41) is 15.6. The third kappa shape index (κ3) is 5.13. The molecule has 0 saturated carbocycles. The number of carboxylic acids is 2. The van der Waals surface area contributed by atoms with E-state index in [0.717, 1.165) is 12.0 Å². The summed E-state index contributed by atoms with van der Waals surface area (Å²) in [5.41, 5.74) is 2.90. The number of pyridine rings is 1. The molecule has 136 valence electrons. The van der Waals surface area contributed by atoms with Crippen LogP contribution in [0, 0.1) is 0 Å². The van der Waals surface area contributed by atoms with Gasteiger partial charge in [-0.15, -0.1) is 0 Å². The van der Waals surface area contributed by atoms with E-state index in [1.165, 1.54) is 43.5 Å². The van der Waals surface area contributed by atoms with Gasteiger partial charge in [0.15, 0.2) is 0 Å². The van der Waals surface area contributed by atoms with Gasteiger partial charge in [-0.1, -0.05) is 6.07 Å². The van der Waals surface area contributed by atoms with E-state index in [1.54, 1.807) is 0 Å². The fourth-order valence-corrected chi connectivity index (χ4v) is 3.88. The summed E-state index contributed by atoms with van der Waals surface area (Å²) >= 11 is 0. The molecule has 0 amide bonds. The number of nitrogens with zero attached hydrogens (tertiary/aromatic N) is 2. The molecule has 1 aliphatic heterocycles. The maximum atomic E-state index is 9.55. The van der Waals surface area contributed by atoms with Gasteiger partial charge < -0.3 is 10.2 Å². The van der Waals surface area contributed by atoms with Crippen LogP contribution in [-0.4, -0.2) is 50.7 Å². The number of aromatic nitrogens is 1. The highest BCUT2D eigenvalue weighted by Gasteiger charge is 2.37. The maximum Gasteiger partial charge on any atom is 0.328 e. The highest BCUT2D eigenvalue weighted by Crippen LogP contribution is 2.40. The molecular formula is C19H26N2O4. The molecule has 1 aromatic heterocycles. The van der Waals surface area contributed by atoms with Gasteiger partial charge in [-0.2, -0.15) is 0 Å². The molecule has 6 heteroatoms. The van der Waals surface area contributed by atoms with Crippen molar-refractivity contribution in [3.8, 4) is 0 Å². The molecule has 1 aromatic rings. The van der Waals surface area contributed by atoms with E-state index in [4.69, 9.17) is 10.2 Å². The lowest BCUT2D eigenvalue weighted by molar-refractivity contribution is -0.134. The summed E-state index contributed by atoms with van der Waals surface area (Å²) in [6.07, 6.45) is 8.22. The SMILES string of the molecule is CC(C)N1CCC[C@H]2c3cccnc3CC[C@H]21.O=C(O)/C=C/C(=O)O. The number of fused-ring (bicyclic) bond motifs is 3. The Hall–Kier alpha value is -2.21. The van der Waals surface area contributed by atoms with E-state index in [2.05, 4.69) is 35.9 Å². The normalized spacial score (nSPS) is 22.7. The number of aliphatic carboxylic acids is 2. The first kappa shape index (κ1) is 19.1. The number of hydrogen-bond donors (Lipinski definition) is 2. The molecule has 3 rings (SSSR count). The van der Waals surface area contributed by atoms with Crippen molar-refractivity contribution in [3.63, 3.8) is 0 Å². The summed E-state index contributed by atoms with van der Waals surface area (Å²) < 4.78 is 0. The lowest BCUT2D eigenvalue weighted by atomic mass is 9.75. The first-order valence-electron chi connectivity index (χ1n) is 8.73. The molecule has 1 aliphatic carbocycles. The molecule has 25 heavy (non-hydrogen) atoms. The molecule has 6 nitrogen and oxygen atoms in total. The van der Waals surface area contributed by atoms with Crippen molar-refractivity contribution in [1.82, 2.24) is 9.88 Å². The minimum Gasteiger partial charge on any atom is -0.478 e. The summed E-state index contributed by atoms with van der Waals surface area (Å²) in [4.78, 5) is 26.4. The fraction of sp³-hybridized carbons (Fsp3) is 0.526. The number of aryl methyl sites for hydroxylation is 1. The standard InChI is InChI=1S/C15H22N2.C4H4O4/c1-11(2)17-10-4-6-13-12-5-3-9-16-14(12)7-8-15(13)17;5-3(6)1-2-4(7)8/h3,5,9,11,13,15H,4,6-8,10H2,1-2H3;1-2H,(H,5,6)(H,7,8)/b;2-1+/t13-,15+;/m0./s1. The monoisotopic (exact) mass is 346 g/mol. The Morgan fingerprint density at radius 3 is 2.52 bits per heavy atom. The topological polar surface area (TPSA) is 90.7 Å². The van der Waals surface area contributed by atoms with Crippen molar-refractivity contribution < 1.29 is 19.8 Å². The minimum absolute atomic E-state index is 0.558. The van der Waals surface area contributed by atoms with Gasteiger partial charge in [0.2, 0.25) is 0 Å². The molecule has 0 spiro atoms. The summed E-state index contributed by atoms with van der Waals surface area (Å²) in [7, 11) is 0. The van der Waals surface area contributed by atoms with Crippen LogP contribution in [-0.2, 0) is 16.0 Å². The maximum absolute atomic E-state index is 9.55. The third-order valence-corrected chi connectivity index (χ3v) is 4.86. The van der Waals surface area contributed by atoms with Crippen LogP contribution >= 0.6 is 0 Å². The Labute approximate surface area is 148 Å². The second kappa shape index (κ2) is 8.76. The number of hydrogen-bond acceptors (Lipinski definition) is 4. The average molecular weight is 346 g/mol. The summed E-state index contributed by atoms with van der Waals surface area (Å²) in [6.45, 7) is 5.96. The number of likely N-dealkylation sites (tertiary alicyclic amines) is 1. The second-order valence-electron chi connectivity index (χ2n) is 6.74. The zero-order valence-corrected chi connectivity index (χ0v) is 14.8. The smallest absolute Gasteiger partial charge is 0.328 e. The Balaban J connectivity index is 0.000000242. The molecule has 1 fully saturated rings. The van der Waals surface area contributed by atoms with Gasteiger partial charge in [0.1, 0.15) is 0 Å². The molecule has 2 heterocycles. The summed E-state index contributed by atoms with van der Waals surface area (Å²) in [6, 6.07) is 5.86. The van der Waals surface area contributed by atoms with Crippen LogP contribution in [0.5, 0.6) is 0 Å². The molecule has 0 aromatic carbocycles. The van der Waals surface area contributed by atoms with Crippen LogP contribution in [0.15, 0.2) is 30.5 Å². The van der Waals surface area contributed by atoms with Crippen LogP contribution < -0.4 is 0 Å². The van der Waals surface area contributed by atoms with E-state index in [9.17, 15) is 9.59 Å². The lowest BCUT2D eigenvalue weighted by Gasteiger charge is -2.46. The minimum atomic E-state index is -1.26. The molecule has 2 aliphatic rings. The van der Waals surface area contributed by atoms with Crippen molar-refractivity contribution in [3.05, 3.63) is 41.7 Å². The molecule has 2 N–H and O–H groups in total.